The fourth-order valence-electron chi connectivity index (χ4n) is 3.93. The number of hydrogen-bond acceptors (Lipinski definition) is 6. The number of rotatable bonds is 9. The van der Waals surface area contributed by atoms with Gasteiger partial charge in [-0.3, -0.25) is 14.6 Å². The molecular formula is C22H39IN6O3. The minimum Gasteiger partial charge on any atom is -0.468 e. The molecule has 2 fully saturated rings. The third-order valence-electron chi connectivity index (χ3n) is 5.86. The first-order chi connectivity index (χ1) is 15.1. The molecule has 1 amide bonds. The first kappa shape index (κ1) is 26.9. The fourth-order valence-corrected chi connectivity index (χ4v) is 3.93. The van der Waals surface area contributed by atoms with Crippen LogP contribution >= 0.6 is 24.0 Å². The summed E-state index contributed by atoms with van der Waals surface area (Å²) in [4.78, 5) is 23.0. The summed E-state index contributed by atoms with van der Waals surface area (Å²) >= 11 is 0. The average molecular weight is 562 g/mol. The van der Waals surface area contributed by atoms with E-state index in [1.54, 1.807) is 25.3 Å². The molecule has 10 heteroatoms. The van der Waals surface area contributed by atoms with Crippen molar-refractivity contribution < 1.29 is 13.9 Å². The molecule has 9 nitrogen and oxygen atoms in total. The molecule has 0 radical (unpaired) electrons. The summed E-state index contributed by atoms with van der Waals surface area (Å²) in [7, 11) is 3.50. The number of aliphatic imine (C=N–C) groups is 1. The number of carbonyl (C=O) groups excluding carboxylic acids is 1. The number of amides is 1. The number of furan rings is 1. The monoisotopic (exact) mass is 562 g/mol. The van der Waals surface area contributed by atoms with Crippen molar-refractivity contribution in [3.05, 3.63) is 24.2 Å². The molecule has 0 aliphatic carbocycles. The van der Waals surface area contributed by atoms with Gasteiger partial charge in [0.2, 0.25) is 5.91 Å². The number of halogens is 1. The highest BCUT2D eigenvalue weighted by Crippen LogP contribution is 2.24. The largest absolute Gasteiger partial charge is 0.468 e. The highest BCUT2D eigenvalue weighted by atomic mass is 127. The Morgan fingerprint density at radius 1 is 1.16 bits per heavy atom. The number of likely N-dealkylation sites (tertiary alicyclic amines) is 1. The summed E-state index contributed by atoms with van der Waals surface area (Å²) in [5.41, 5.74) is 0. The summed E-state index contributed by atoms with van der Waals surface area (Å²) in [5, 5.41) is 6.86. The number of nitrogens with one attached hydrogen (secondary N) is 2. The predicted octanol–water partition coefficient (Wildman–Crippen LogP) is 1.38. The van der Waals surface area contributed by atoms with Gasteiger partial charge in [-0.2, -0.15) is 0 Å². The van der Waals surface area contributed by atoms with Crippen LogP contribution in [0.4, 0.5) is 0 Å². The van der Waals surface area contributed by atoms with Gasteiger partial charge in [0.25, 0.3) is 0 Å². The van der Waals surface area contributed by atoms with E-state index in [0.29, 0.717) is 12.5 Å². The Morgan fingerprint density at radius 2 is 1.91 bits per heavy atom. The SMILES string of the molecule is CN(C)C(=O)CN=C(NCCN1CCOCC1)NCC(c1ccco1)N1CCCCC1.I. The Hall–Kier alpha value is -1.37. The topological polar surface area (TPSA) is 85.6 Å². The van der Waals surface area contributed by atoms with Gasteiger partial charge in [0.15, 0.2) is 5.96 Å². The van der Waals surface area contributed by atoms with Crippen molar-refractivity contribution >= 4 is 35.8 Å². The maximum atomic E-state index is 12.1. The van der Waals surface area contributed by atoms with Gasteiger partial charge >= 0.3 is 0 Å². The molecule has 1 aromatic heterocycles. The van der Waals surface area contributed by atoms with Crippen molar-refractivity contribution in [1.29, 1.82) is 0 Å². The molecule has 1 atom stereocenters. The Bertz CT molecular complexity index is 673. The first-order valence-corrected chi connectivity index (χ1v) is 11.4. The van der Waals surface area contributed by atoms with E-state index in [1.165, 1.54) is 19.3 Å². The fraction of sp³-hybridized carbons (Fsp3) is 0.727. The second kappa shape index (κ2) is 14.7. The van der Waals surface area contributed by atoms with Crippen molar-refractivity contribution in [3.8, 4) is 0 Å². The lowest BCUT2D eigenvalue weighted by Gasteiger charge is -2.34. The smallest absolute Gasteiger partial charge is 0.243 e. The van der Waals surface area contributed by atoms with Crippen LogP contribution in [-0.4, -0.2) is 106 Å². The van der Waals surface area contributed by atoms with Gasteiger partial charge in [0, 0.05) is 46.8 Å². The number of morpholine rings is 1. The zero-order valence-electron chi connectivity index (χ0n) is 19.4. The summed E-state index contributed by atoms with van der Waals surface area (Å²) < 4.78 is 11.2. The van der Waals surface area contributed by atoms with E-state index in [4.69, 9.17) is 9.15 Å². The molecule has 2 saturated heterocycles. The van der Waals surface area contributed by atoms with Crippen LogP contribution in [-0.2, 0) is 9.53 Å². The quantitative estimate of drug-likeness (QED) is 0.267. The summed E-state index contributed by atoms with van der Waals surface area (Å²) in [5.74, 6) is 1.61. The third-order valence-corrected chi connectivity index (χ3v) is 5.86. The second-order valence-electron chi connectivity index (χ2n) is 8.34. The predicted molar refractivity (Wildman–Crippen MR) is 137 cm³/mol. The van der Waals surface area contributed by atoms with Crippen molar-refractivity contribution in [2.75, 3.05) is 79.7 Å². The molecule has 2 N–H and O–H groups in total. The van der Waals surface area contributed by atoms with Gasteiger partial charge in [0.05, 0.1) is 25.5 Å². The van der Waals surface area contributed by atoms with Crippen LogP contribution in [0.2, 0.25) is 0 Å². The molecule has 2 aliphatic rings. The molecule has 182 valence electrons. The standard InChI is InChI=1S/C22H38N6O3.HI/c1-26(2)21(29)18-25-22(23-8-11-27-12-15-30-16-13-27)24-17-19(20-7-6-14-31-20)28-9-4-3-5-10-28;/h6-7,14,19H,3-5,8-13,15-18H2,1-2H3,(H2,23,24,25);1H. The number of carbonyl (C=O) groups is 1. The van der Waals surface area contributed by atoms with Gasteiger partial charge in [0.1, 0.15) is 12.3 Å². The van der Waals surface area contributed by atoms with Crippen molar-refractivity contribution in [2.24, 2.45) is 4.99 Å². The Balaban J connectivity index is 0.00000363. The number of ether oxygens (including phenoxy) is 1. The second-order valence-corrected chi connectivity index (χ2v) is 8.34. The number of nitrogens with zero attached hydrogens (tertiary/aromatic N) is 4. The van der Waals surface area contributed by atoms with Crippen LogP contribution in [0.5, 0.6) is 0 Å². The van der Waals surface area contributed by atoms with Crippen LogP contribution in [0, 0.1) is 0 Å². The Labute approximate surface area is 208 Å². The highest BCUT2D eigenvalue weighted by Gasteiger charge is 2.24. The molecule has 3 rings (SSSR count). The van der Waals surface area contributed by atoms with E-state index in [-0.39, 0.29) is 42.5 Å². The first-order valence-electron chi connectivity index (χ1n) is 11.4. The van der Waals surface area contributed by atoms with E-state index in [0.717, 1.165) is 58.2 Å². The van der Waals surface area contributed by atoms with Crippen LogP contribution in [0.25, 0.3) is 0 Å². The molecule has 32 heavy (non-hydrogen) atoms. The van der Waals surface area contributed by atoms with Crippen LogP contribution in [0.1, 0.15) is 31.1 Å². The van der Waals surface area contributed by atoms with Crippen molar-refractivity contribution in [2.45, 2.75) is 25.3 Å². The maximum Gasteiger partial charge on any atom is 0.243 e. The molecular weight excluding hydrogens is 523 g/mol. The molecule has 0 bridgehead atoms. The minimum atomic E-state index is -0.0205. The lowest BCUT2D eigenvalue weighted by Crippen LogP contribution is -2.47. The van der Waals surface area contributed by atoms with Crippen LogP contribution in [0.15, 0.2) is 27.8 Å². The van der Waals surface area contributed by atoms with Gasteiger partial charge < -0.3 is 24.7 Å². The zero-order valence-corrected chi connectivity index (χ0v) is 21.8. The summed E-state index contributed by atoms with van der Waals surface area (Å²) in [6.45, 7) is 8.10. The molecule has 0 saturated carbocycles. The van der Waals surface area contributed by atoms with Crippen molar-refractivity contribution in [3.63, 3.8) is 0 Å². The Kier molecular flexibility index (Phi) is 12.4. The van der Waals surface area contributed by atoms with Crippen LogP contribution < -0.4 is 10.6 Å². The zero-order chi connectivity index (χ0) is 21.9. The van der Waals surface area contributed by atoms with Crippen molar-refractivity contribution in [1.82, 2.24) is 25.3 Å². The maximum absolute atomic E-state index is 12.1. The highest BCUT2D eigenvalue weighted by molar-refractivity contribution is 14.0. The van der Waals surface area contributed by atoms with E-state index < -0.39 is 0 Å². The van der Waals surface area contributed by atoms with Gasteiger partial charge in [-0.15, -0.1) is 24.0 Å². The third kappa shape index (κ3) is 8.87. The average Bonchev–Trinajstić information content (AvgIpc) is 3.33. The lowest BCUT2D eigenvalue weighted by molar-refractivity contribution is -0.127. The molecule has 0 aromatic carbocycles. The molecule has 1 aromatic rings. The van der Waals surface area contributed by atoms with Gasteiger partial charge in [-0.1, -0.05) is 6.42 Å². The summed E-state index contributed by atoms with van der Waals surface area (Å²) in [6, 6.07) is 4.13. The van der Waals surface area contributed by atoms with E-state index in [1.807, 2.05) is 12.1 Å². The Morgan fingerprint density at radius 3 is 2.56 bits per heavy atom. The van der Waals surface area contributed by atoms with E-state index in [2.05, 4.69) is 25.4 Å². The molecule has 1 unspecified atom stereocenters. The minimum absolute atomic E-state index is 0. The molecule has 3 heterocycles. The number of guanidine groups is 1. The number of piperidine rings is 1. The number of hydrogen-bond donors (Lipinski definition) is 2. The number of likely N-dealkylation sites (N-methyl/N-ethyl adjacent to an activating group) is 1. The van der Waals surface area contributed by atoms with E-state index in [9.17, 15) is 4.79 Å². The van der Waals surface area contributed by atoms with Crippen LogP contribution in [0.3, 0.4) is 0 Å². The molecule has 2 aliphatic heterocycles. The lowest BCUT2D eigenvalue weighted by atomic mass is 10.1. The van der Waals surface area contributed by atoms with E-state index >= 15 is 0 Å². The summed E-state index contributed by atoms with van der Waals surface area (Å²) in [6.07, 6.45) is 5.45. The van der Waals surface area contributed by atoms with Gasteiger partial charge in [-0.05, 0) is 38.1 Å². The normalized spacial score (nSPS) is 19.1. The molecule has 0 spiro atoms. The van der Waals surface area contributed by atoms with Gasteiger partial charge in [-0.25, -0.2) is 4.99 Å².